The number of nitrogens with zero attached hydrogens (tertiary/aromatic N) is 3. The lowest BCUT2D eigenvalue weighted by molar-refractivity contribution is -0.131. The number of rotatable bonds is 7. The van der Waals surface area contributed by atoms with Gasteiger partial charge in [-0.3, -0.25) is 10.1 Å². The molecule has 0 atom stereocenters. The molecule has 3 amide bonds. The van der Waals surface area contributed by atoms with Crippen molar-refractivity contribution in [2.75, 3.05) is 48.8 Å². The third-order valence-corrected chi connectivity index (χ3v) is 6.35. The Kier molecular flexibility index (Phi) is 7.58. The van der Waals surface area contributed by atoms with Crippen LogP contribution in [0.4, 0.5) is 25.7 Å². The van der Waals surface area contributed by atoms with Gasteiger partial charge in [0.05, 0.1) is 18.5 Å². The summed E-state index contributed by atoms with van der Waals surface area (Å²) in [7, 11) is 1.58. The summed E-state index contributed by atoms with van der Waals surface area (Å²) in [4.78, 5) is 33.0. The second-order valence-electron chi connectivity index (χ2n) is 7.77. The molecule has 2 heterocycles. The Labute approximate surface area is 201 Å². The average molecular weight is 484 g/mol. The van der Waals surface area contributed by atoms with E-state index in [4.69, 9.17) is 4.74 Å². The van der Waals surface area contributed by atoms with Gasteiger partial charge in [0.1, 0.15) is 11.6 Å². The van der Waals surface area contributed by atoms with Crippen molar-refractivity contribution < 1.29 is 18.7 Å². The highest BCUT2D eigenvalue weighted by Gasteiger charge is 2.22. The van der Waals surface area contributed by atoms with E-state index in [1.165, 1.54) is 17.4 Å². The molecule has 0 bridgehead atoms. The number of ether oxygens (including phenoxy) is 1. The third kappa shape index (κ3) is 6.02. The van der Waals surface area contributed by atoms with Crippen molar-refractivity contribution in [3.8, 4) is 5.75 Å². The van der Waals surface area contributed by atoms with Crippen molar-refractivity contribution in [3.05, 3.63) is 65.4 Å². The smallest absolute Gasteiger partial charge is 0.325 e. The quantitative estimate of drug-likeness (QED) is 0.526. The number of anilines is 3. The molecule has 1 aromatic heterocycles. The molecule has 0 saturated carbocycles. The molecule has 2 N–H and O–H groups in total. The van der Waals surface area contributed by atoms with E-state index in [1.807, 2.05) is 21.2 Å². The molecule has 1 saturated heterocycles. The number of amides is 3. The summed E-state index contributed by atoms with van der Waals surface area (Å²) in [6.45, 7) is 2.31. The number of hydrogen-bond donors (Lipinski definition) is 2. The second kappa shape index (κ2) is 11.0. The van der Waals surface area contributed by atoms with E-state index in [9.17, 15) is 14.0 Å². The van der Waals surface area contributed by atoms with Gasteiger partial charge in [-0.2, -0.15) is 0 Å². The number of aromatic nitrogens is 1. The van der Waals surface area contributed by atoms with E-state index in [1.54, 1.807) is 43.5 Å². The first-order valence-corrected chi connectivity index (χ1v) is 11.8. The first-order chi connectivity index (χ1) is 16.5. The molecule has 4 rings (SSSR count). The zero-order chi connectivity index (χ0) is 23.9. The largest absolute Gasteiger partial charge is 0.497 e. The molecule has 0 radical (unpaired) electrons. The lowest BCUT2D eigenvalue weighted by atomic mass is 10.2. The topological polar surface area (TPSA) is 86.8 Å². The number of carbonyl (C=O) groups is 2. The zero-order valence-electron chi connectivity index (χ0n) is 18.8. The molecule has 2 aromatic carbocycles. The maximum Gasteiger partial charge on any atom is 0.325 e. The van der Waals surface area contributed by atoms with Crippen LogP contribution in [-0.2, 0) is 11.2 Å². The maximum atomic E-state index is 14.0. The summed E-state index contributed by atoms with van der Waals surface area (Å²) in [6.07, 6.45) is 0.825. The predicted octanol–water partition coefficient (Wildman–Crippen LogP) is 4.22. The van der Waals surface area contributed by atoms with Crippen LogP contribution in [0.5, 0.6) is 5.75 Å². The molecule has 8 nitrogen and oxygen atoms in total. The van der Waals surface area contributed by atoms with Gasteiger partial charge in [-0.25, -0.2) is 14.2 Å². The van der Waals surface area contributed by atoms with Gasteiger partial charge in [0.15, 0.2) is 5.13 Å². The molecule has 3 aromatic rings. The number of benzene rings is 2. The fraction of sp³-hybridized carbons (Fsp3) is 0.292. The Morgan fingerprint density at radius 2 is 1.79 bits per heavy atom. The molecule has 0 aliphatic carbocycles. The number of hydrogen-bond acceptors (Lipinski definition) is 6. The van der Waals surface area contributed by atoms with Gasteiger partial charge in [0.2, 0.25) is 5.91 Å². The van der Waals surface area contributed by atoms with Gasteiger partial charge in [0, 0.05) is 43.7 Å². The van der Waals surface area contributed by atoms with Gasteiger partial charge >= 0.3 is 6.03 Å². The number of para-hydroxylation sites is 1. The van der Waals surface area contributed by atoms with E-state index >= 15 is 0 Å². The van der Waals surface area contributed by atoms with E-state index in [0.717, 1.165) is 5.69 Å². The lowest BCUT2D eigenvalue weighted by Gasteiger charge is -2.36. The first-order valence-electron chi connectivity index (χ1n) is 11.0. The van der Waals surface area contributed by atoms with Crippen LogP contribution in [0.15, 0.2) is 53.9 Å². The van der Waals surface area contributed by atoms with Crippen molar-refractivity contribution in [2.24, 2.45) is 0 Å². The highest BCUT2D eigenvalue weighted by atomic mass is 32.1. The first kappa shape index (κ1) is 23.5. The normalized spacial score (nSPS) is 13.5. The van der Waals surface area contributed by atoms with Crippen LogP contribution in [0.3, 0.4) is 0 Å². The Morgan fingerprint density at radius 1 is 1.06 bits per heavy atom. The fourth-order valence-corrected chi connectivity index (χ4v) is 4.45. The van der Waals surface area contributed by atoms with E-state index in [0.29, 0.717) is 61.3 Å². The van der Waals surface area contributed by atoms with Crippen molar-refractivity contribution in [3.63, 3.8) is 0 Å². The minimum Gasteiger partial charge on any atom is -0.497 e. The SMILES string of the molecule is COc1ccc(NC(=O)Nc2nc(CCC(=O)N3CCN(c4ccccc4F)CC3)cs2)cc1. The molecule has 0 spiro atoms. The average Bonchev–Trinajstić information content (AvgIpc) is 3.30. The van der Waals surface area contributed by atoms with Crippen molar-refractivity contribution in [1.29, 1.82) is 0 Å². The van der Waals surface area contributed by atoms with E-state index in [2.05, 4.69) is 15.6 Å². The minimum atomic E-state index is -0.394. The molecule has 10 heteroatoms. The summed E-state index contributed by atoms with van der Waals surface area (Å²) in [6, 6.07) is 13.3. The van der Waals surface area contributed by atoms with Gasteiger partial charge in [-0.05, 0) is 42.8 Å². The number of carbonyl (C=O) groups excluding carboxylic acids is 2. The van der Waals surface area contributed by atoms with Gasteiger partial charge in [-0.1, -0.05) is 12.1 Å². The lowest BCUT2D eigenvalue weighted by Crippen LogP contribution is -2.49. The van der Waals surface area contributed by atoms with Crippen molar-refractivity contribution >= 4 is 39.8 Å². The summed E-state index contributed by atoms with van der Waals surface area (Å²) in [5, 5.41) is 7.75. The van der Waals surface area contributed by atoms with Crippen LogP contribution >= 0.6 is 11.3 Å². The standard InChI is InChI=1S/C24H26FN5O3S/c1-33-19-9-6-17(7-10-19)26-23(32)28-24-27-18(16-34-24)8-11-22(31)30-14-12-29(13-15-30)21-5-3-2-4-20(21)25/h2-7,9-10,16H,8,11-15H2,1H3,(H2,26,27,28,32). The van der Waals surface area contributed by atoms with E-state index in [-0.39, 0.29) is 11.7 Å². The molecule has 1 aliphatic rings. The Morgan fingerprint density at radius 3 is 2.50 bits per heavy atom. The summed E-state index contributed by atoms with van der Waals surface area (Å²) >= 11 is 1.31. The summed E-state index contributed by atoms with van der Waals surface area (Å²) in [5.41, 5.74) is 1.96. The monoisotopic (exact) mass is 483 g/mol. The highest BCUT2D eigenvalue weighted by molar-refractivity contribution is 7.13. The number of urea groups is 1. The minimum absolute atomic E-state index is 0.0490. The Balaban J connectivity index is 1.21. The number of methoxy groups -OCH3 is 1. The Bertz CT molecular complexity index is 1130. The van der Waals surface area contributed by atoms with Gasteiger partial charge < -0.3 is 19.9 Å². The maximum absolute atomic E-state index is 14.0. The Hall–Kier alpha value is -3.66. The van der Waals surface area contributed by atoms with Crippen LogP contribution in [0.25, 0.3) is 0 Å². The van der Waals surface area contributed by atoms with Crippen LogP contribution in [-0.4, -0.2) is 55.1 Å². The molecule has 1 aliphatic heterocycles. The predicted molar refractivity (Wildman–Crippen MR) is 131 cm³/mol. The molecular formula is C24H26FN5O3S. The van der Waals surface area contributed by atoms with Crippen LogP contribution in [0, 0.1) is 5.82 Å². The van der Waals surface area contributed by atoms with Crippen LogP contribution in [0.1, 0.15) is 12.1 Å². The van der Waals surface area contributed by atoms with Crippen molar-refractivity contribution in [2.45, 2.75) is 12.8 Å². The number of thiazole rings is 1. The summed E-state index contributed by atoms with van der Waals surface area (Å²) < 4.78 is 19.1. The van der Waals surface area contributed by atoms with E-state index < -0.39 is 6.03 Å². The number of nitrogens with one attached hydrogen (secondary N) is 2. The van der Waals surface area contributed by atoms with Gasteiger partial charge in [-0.15, -0.1) is 11.3 Å². The third-order valence-electron chi connectivity index (χ3n) is 5.54. The second-order valence-corrected chi connectivity index (χ2v) is 8.63. The summed E-state index contributed by atoms with van der Waals surface area (Å²) in [5.74, 6) is 0.512. The fourth-order valence-electron chi connectivity index (χ4n) is 3.71. The molecular weight excluding hydrogens is 457 g/mol. The number of aryl methyl sites for hydroxylation is 1. The number of halogens is 1. The zero-order valence-corrected chi connectivity index (χ0v) is 19.6. The molecule has 178 valence electrons. The number of piperazine rings is 1. The molecule has 1 fully saturated rings. The highest BCUT2D eigenvalue weighted by Crippen LogP contribution is 2.21. The van der Waals surface area contributed by atoms with Crippen molar-refractivity contribution in [1.82, 2.24) is 9.88 Å². The van der Waals surface area contributed by atoms with Gasteiger partial charge in [0.25, 0.3) is 0 Å². The van der Waals surface area contributed by atoms with Crippen LogP contribution < -0.4 is 20.3 Å². The molecule has 0 unspecified atom stereocenters. The molecule has 34 heavy (non-hydrogen) atoms. The van der Waals surface area contributed by atoms with Crippen LogP contribution in [0.2, 0.25) is 0 Å².